The van der Waals surface area contributed by atoms with E-state index in [1.165, 1.54) is 0 Å². The maximum absolute atomic E-state index is 11.4. The zero-order valence-electron chi connectivity index (χ0n) is 21.0. The molecule has 0 saturated carbocycles. The lowest BCUT2D eigenvalue weighted by Crippen LogP contribution is -2.37. The minimum Gasteiger partial charge on any atom is -0.323 e. The first kappa shape index (κ1) is 25.3. The van der Waals surface area contributed by atoms with Crippen molar-refractivity contribution in [2.45, 2.75) is 49.1 Å². The molecule has 0 atom stereocenters. The molecule has 3 aromatic rings. The van der Waals surface area contributed by atoms with Gasteiger partial charge in [-0.05, 0) is 83.3 Å². The van der Waals surface area contributed by atoms with Crippen LogP contribution in [0.25, 0.3) is 0 Å². The number of anilines is 2. The molecule has 0 amide bonds. The Morgan fingerprint density at radius 1 is 1.14 bits per heavy atom. The minimum atomic E-state index is 0.165. The Morgan fingerprint density at radius 2 is 1.89 bits per heavy atom. The van der Waals surface area contributed by atoms with Crippen LogP contribution >= 0.6 is 11.8 Å². The molecule has 4 rings (SSSR count). The number of carbonyl (C=O) groups is 1. The van der Waals surface area contributed by atoms with Crippen LogP contribution in [-0.4, -0.2) is 76.0 Å². The summed E-state index contributed by atoms with van der Waals surface area (Å²) in [6, 6.07) is 12.1. The normalized spacial score (nSPS) is 15.0. The molecule has 1 saturated heterocycles. The van der Waals surface area contributed by atoms with Crippen LogP contribution in [0.1, 0.15) is 42.6 Å². The van der Waals surface area contributed by atoms with Gasteiger partial charge in [0, 0.05) is 48.2 Å². The molecule has 186 valence electrons. The molecule has 2 N–H and O–H groups in total. The van der Waals surface area contributed by atoms with E-state index in [1.807, 2.05) is 37.3 Å². The van der Waals surface area contributed by atoms with Crippen LogP contribution in [0.15, 0.2) is 46.5 Å². The third-order valence-corrected chi connectivity index (χ3v) is 7.02. The van der Waals surface area contributed by atoms with Gasteiger partial charge in [-0.25, -0.2) is 9.97 Å². The molecule has 1 aromatic carbocycles. The number of carbonyl (C=O) groups excluding carboxylic acids is 1. The Kier molecular flexibility index (Phi) is 8.54. The van der Waals surface area contributed by atoms with Gasteiger partial charge in [-0.15, -0.1) is 0 Å². The Labute approximate surface area is 211 Å². The number of rotatable bonds is 10. The molecular weight excluding hydrogens is 458 g/mol. The third kappa shape index (κ3) is 7.62. The lowest BCUT2D eigenvalue weighted by molar-refractivity contribution is -0.116. The molecule has 1 aliphatic heterocycles. The summed E-state index contributed by atoms with van der Waals surface area (Å²) >= 11 is 1.54. The zero-order chi connectivity index (χ0) is 24.8. The standard InChI is InChI=1S/C26H35N7OS/c1-18-15-25(31-30-18)28-24-17-23(21-9-11-33(12-10-21)14-13-32(3)4)27-26(29-24)35-22-7-5-20(6-8-22)16-19(2)34/h5-8,15,17,21H,9-14,16H2,1-4H3,(H2,27,28,29,30,31). The van der Waals surface area contributed by atoms with Gasteiger partial charge in [-0.3, -0.25) is 9.89 Å². The number of aryl methyl sites for hydroxylation is 1. The number of likely N-dealkylation sites (tertiary alicyclic amines) is 1. The summed E-state index contributed by atoms with van der Waals surface area (Å²) in [5.74, 6) is 2.08. The number of aromatic amines is 1. The minimum absolute atomic E-state index is 0.165. The number of aromatic nitrogens is 4. The van der Waals surface area contributed by atoms with Crippen molar-refractivity contribution < 1.29 is 4.79 Å². The van der Waals surface area contributed by atoms with Crippen LogP contribution in [0, 0.1) is 6.92 Å². The van der Waals surface area contributed by atoms with E-state index >= 15 is 0 Å². The van der Waals surface area contributed by atoms with Crippen molar-refractivity contribution in [2.24, 2.45) is 0 Å². The third-order valence-electron chi connectivity index (χ3n) is 6.14. The summed E-state index contributed by atoms with van der Waals surface area (Å²) < 4.78 is 0. The summed E-state index contributed by atoms with van der Waals surface area (Å²) in [6.07, 6.45) is 2.64. The van der Waals surface area contributed by atoms with Gasteiger partial charge in [0.05, 0.1) is 5.69 Å². The molecule has 35 heavy (non-hydrogen) atoms. The fourth-order valence-electron chi connectivity index (χ4n) is 4.24. The van der Waals surface area contributed by atoms with Gasteiger partial charge in [0.1, 0.15) is 11.6 Å². The number of H-pyrrole nitrogens is 1. The topological polar surface area (TPSA) is 90.0 Å². The first-order chi connectivity index (χ1) is 16.8. The van der Waals surface area contributed by atoms with E-state index < -0.39 is 0 Å². The van der Waals surface area contributed by atoms with E-state index in [1.54, 1.807) is 18.7 Å². The summed E-state index contributed by atoms with van der Waals surface area (Å²) in [6.45, 7) is 7.96. The number of hydrogen-bond acceptors (Lipinski definition) is 8. The van der Waals surface area contributed by atoms with Crippen molar-refractivity contribution in [3.05, 3.63) is 53.3 Å². The number of piperidine rings is 1. The molecule has 9 heteroatoms. The highest BCUT2D eigenvalue weighted by Crippen LogP contribution is 2.32. The number of ketones is 1. The largest absolute Gasteiger partial charge is 0.323 e. The van der Waals surface area contributed by atoms with E-state index in [0.717, 1.165) is 72.5 Å². The second-order valence-electron chi connectivity index (χ2n) is 9.57. The van der Waals surface area contributed by atoms with E-state index in [4.69, 9.17) is 9.97 Å². The van der Waals surface area contributed by atoms with E-state index in [0.29, 0.717) is 17.5 Å². The predicted octanol–water partition coefficient (Wildman–Crippen LogP) is 4.28. The van der Waals surface area contributed by atoms with Crippen molar-refractivity contribution in [3.8, 4) is 0 Å². The maximum atomic E-state index is 11.4. The quantitative estimate of drug-likeness (QED) is 0.405. The van der Waals surface area contributed by atoms with E-state index in [9.17, 15) is 4.79 Å². The highest BCUT2D eigenvalue weighted by molar-refractivity contribution is 7.99. The summed E-state index contributed by atoms with van der Waals surface area (Å²) in [5.41, 5.74) is 3.10. The van der Waals surface area contributed by atoms with E-state index in [-0.39, 0.29) is 5.78 Å². The van der Waals surface area contributed by atoms with Crippen LogP contribution in [0.5, 0.6) is 0 Å². The van der Waals surface area contributed by atoms with E-state index in [2.05, 4.69) is 45.5 Å². The summed E-state index contributed by atoms with van der Waals surface area (Å²) in [7, 11) is 4.25. The number of nitrogens with zero attached hydrogens (tertiary/aromatic N) is 5. The lowest BCUT2D eigenvalue weighted by atomic mass is 9.93. The highest BCUT2D eigenvalue weighted by atomic mass is 32.2. The molecule has 1 fully saturated rings. The number of likely N-dealkylation sites (N-methyl/N-ethyl adjacent to an activating group) is 1. The summed E-state index contributed by atoms with van der Waals surface area (Å²) in [4.78, 5) is 27.0. The molecule has 1 aliphatic rings. The molecule has 0 aliphatic carbocycles. The maximum Gasteiger partial charge on any atom is 0.194 e. The van der Waals surface area contributed by atoms with Gasteiger partial charge >= 0.3 is 0 Å². The average Bonchev–Trinajstić information content (AvgIpc) is 3.23. The first-order valence-corrected chi connectivity index (χ1v) is 13.0. The van der Waals surface area contributed by atoms with Crippen molar-refractivity contribution >= 4 is 29.2 Å². The van der Waals surface area contributed by atoms with Gasteiger partial charge in [-0.2, -0.15) is 5.10 Å². The molecule has 2 aromatic heterocycles. The van der Waals surface area contributed by atoms with Crippen LogP contribution in [0.3, 0.4) is 0 Å². The zero-order valence-corrected chi connectivity index (χ0v) is 21.9. The smallest absolute Gasteiger partial charge is 0.194 e. The van der Waals surface area contributed by atoms with Crippen molar-refractivity contribution in [3.63, 3.8) is 0 Å². The van der Waals surface area contributed by atoms with Gasteiger partial charge in [0.2, 0.25) is 0 Å². The molecule has 0 spiro atoms. The molecular formula is C26H35N7OS. The molecule has 0 unspecified atom stereocenters. The highest BCUT2D eigenvalue weighted by Gasteiger charge is 2.23. The van der Waals surface area contributed by atoms with Crippen LogP contribution in [-0.2, 0) is 11.2 Å². The van der Waals surface area contributed by atoms with Crippen molar-refractivity contribution in [1.82, 2.24) is 30.0 Å². The van der Waals surface area contributed by atoms with Crippen LogP contribution in [0.4, 0.5) is 11.6 Å². The Balaban J connectivity index is 1.51. The Morgan fingerprint density at radius 3 is 2.51 bits per heavy atom. The average molecular weight is 494 g/mol. The second-order valence-corrected chi connectivity index (χ2v) is 10.6. The van der Waals surface area contributed by atoms with Crippen LogP contribution in [0.2, 0.25) is 0 Å². The second kappa shape index (κ2) is 11.8. The fourth-order valence-corrected chi connectivity index (χ4v) is 5.02. The fraction of sp³-hybridized carbons (Fsp3) is 0.462. The number of benzene rings is 1. The number of Topliss-reactive ketones (excluding diaryl/α,β-unsaturated/α-hetero) is 1. The molecule has 8 nitrogen and oxygen atoms in total. The van der Waals surface area contributed by atoms with Crippen LogP contribution < -0.4 is 5.32 Å². The van der Waals surface area contributed by atoms with Gasteiger partial charge < -0.3 is 15.1 Å². The van der Waals surface area contributed by atoms with Gasteiger partial charge in [0.25, 0.3) is 0 Å². The SMILES string of the molecule is CC(=O)Cc1ccc(Sc2nc(Nc3cc(C)[nH]n3)cc(C3CCN(CCN(C)C)CC3)n2)cc1. The lowest BCUT2D eigenvalue weighted by Gasteiger charge is -2.32. The van der Waals surface area contributed by atoms with Gasteiger partial charge in [0.15, 0.2) is 11.0 Å². The summed E-state index contributed by atoms with van der Waals surface area (Å²) in [5, 5.41) is 11.3. The predicted molar refractivity (Wildman–Crippen MR) is 141 cm³/mol. The van der Waals surface area contributed by atoms with Crippen molar-refractivity contribution in [2.75, 3.05) is 45.6 Å². The number of nitrogens with one attached hydrogen (secondary N) is 2. The van der Waals surface area contributed by atoms with Crippen molar-refractivity contribution in [1.29, 1.82) is 0 Å². The first-order valence-electron chi connectivity index (χ1n) is 12.2. The molecule has 0 radical (unpaired) electrons. The Hall–Kier alpha value is -2.75. The molecule has 0 bridgehead atoms. The molecule has 3 heterocycles. The Bertz CT molecular complexity index is 1120. The number of hydrogen-bond donors (Lipinski definition) is 2. The monoisotopic (exact) mass is 493 g/mol. The van der Waals surface area contributed by atoms with Gasteiger partial charge in [-0.1, -0.05) is 12.1 Å².